The number of fused-ring (bicyclic) bond motifs is 2. The van der Waals surface area contributed by atoms with Crippen molar-refractivity contribution in [2.24, 2.45) is 0 Å². The number of aromatic nitrogens is 3. The number of hydrogen-bond acceptors (Lipinski definition) is 7. The number of amides is 5. The van der Waals surface area contributed by atoms with Crippen molar-refractivity contribution in [1.29, 1.82) is 0 Å². The topological polar surface area (TPSA) is 155 Å². The highest BCUT2D eigenvalue weighted by Gasteiger charge is 2.49. The van der Waals surface area contributed by atoms with Crippen molar-refractivity contribution in [3.8, 4) is 5.69 Å². The summed E-state index contributed by atoms with van der Waals surface area (Å²) in [6, 6.07) is 4.46. The molecule has 0 radical (unpaired) electrons. The fourth-order valence-corrected chi connectivity index (χ4v) is 5.86. The van der Waals surface area contributed by atoms with Crippen LogP contribution in [-0.2, 0) is 20.9 Å². The Morgan fingerprint density at radius 3 is 2.81 bits per heavy atom. The van der Waals surface area contributed by atoms with E-state index >= 15 is 0 Å². The number of piperidine rings is 1. The zero-order chi connectivity index (χ0) is 25.0. The molecule has 1 aliphatic carbocycles. The Morgan fingerprint density at radius 2 is 1.97 bits per heavy atom. The van der Waals surface area contributed by atoms with Gasteiger partial charge in [0.2, 0.25) is 17.7 Å². The first-order chi connectivity index (χ1) is 17.3. The molecule has 36 heavy (non-hydrogen) atoms. The van der Waals surface area contributed by atoms with E-state index in [1.807, 2.05) is 0 Å². The van der Waals surface area contributed by atoms with Crippen molar-refractivity contribution >= 4 is 29.5 Å². The highest BCUT2D eigenvalue weighted by Crippen LogP contribution is 2.36. The number of imide groups is 1. The van der Waals surface area contributed by atoms with Gasteiger partial charge in [-0.1, -0.05) is 24.1 Å². The second-order valence-corrected chi connectivity index (χ2v) is 9.94. The molecular formula is C24H25N7O5. The standard InChI is InChI=1S/C24H25N7O5/c32-19-7-6-17(22(35)26-19)30-11-13-4-5-14(9-15(13)23(30)36)31-12-16(28-29-31)21(34)27-24-8-2-1-3-18(24)25-20(33)10-24/h4-5,9,12,17-18H,1-3,6-8,10-11H2,(H,25,33)(H,27,34)(H,26,32,35)/t17?,18-,24+/m0/s1. The van der Waals surface area contributed by atoms with Crippen molar-refractivity contribution in [2.75, 3.05) is 0 Å². The summed E-state index contributed by atoms with van der Waals surface area (Å²) in [5.74, 6) is -1.53. The zero-order valence-electron chi connectivity index (χ0n) is 19.5. The monoisotopic (exact) mass is 491 g/mol. The third-order valence-corrected chi connectivity index (χ3v) is 7.71. The summed E-state index contributed by atoms with van der Waals surface area (Å²) in [6.07, 6.45) is 5.75. The Morgan fingerprint density at radius 1 is 1.11 bits per heavy atom. The van der Waals surface area contributed by atoms with Gasteiger partial charge >= 0.3 is 0 Å². The van der Waals surface area contributed by atoms with E-state index in [-0.39, 0.29) is 48.8 Å². The van der Waals surface area contributed by atoms with E-state index in [0.717, 1.165) is 31.2 Å². The first-order valence-corrected chi connectivity index (χ1v) is 12.2. The van der Waals surface area contributed by atoms with Crippen LogP contribution in [0.1, 0.15) is 71.4 Å². The van der Waals surface area contributed by atoms with Gasteiger partial charge in [-0.25, -0.2) is 4.68 Å². The average Bonchev–Trinajstić information content (AvgIpc) is 3.54. The molecule has 4 heterocycles. The Labute approximate surface area is 205 Å². The van der Waals surface area contributed by atoms with Crippen LogP contribution >= 0.6 is 0 Å². The van der Waals surface area contributed by atoms with Crippen LogP contribution in [0.5, 0.6) is 0 Å². The lowest BCUT2D eigenvalue weighted by molar-refractivity contribution is -0.137. The third kappa shape index (κ3) is 3.64. The Bertz CT molecular complexity index is 1320. The largest absolute Gasteiger partial charge is 0.351 e. The number of carbonyl (C=O) groups excluding carboxylic acids is 5. The van der Waals surface area contributed by atoms with Gasteiger partial charge in [0.1, 0.15) is 6.04 Å². The molecule has 2 aromatic rings. The minimum absolute atomic E-state index is 0.0555. The Hall–Kier alpha value is -4.09. The smallest absolute Gasteiger partial charge is 0.273 e. The maximum absolute atomic E-state index is 13.1. The molecule has 186 valence electrons. The molecule has 1 saturated carbocycles. The summed E-state index contributed by atoms with van der Waals surface area (Å²) >= 11 is 0. The van der Waals surface area contributed by atoms with E-state index in [2.05, 4.69) is 26.3 Å². The highest BCUT2D eigenvalue weighted by atomic mass is 16.2. The summed E-state index contributed by atoms with van der Waals surface area (Å²) in [5, 5.41) is 16.4. The summed E-state index contributed by atoms with van der Waals surface area (Å²) in [6.45, 7) is 0.280. The number of nitrogens with one attached hydrogen (secondary N) is 3. The van der Waals surface area contributed by atoms with E-state index in [1.165, 1.54) is 15.8 Å². The van der Waals surface area contributed by atoms with Gasteiger partial charge in [0.05, 0.1) is 29.9 Å². The molecular weight excluding hydrogens is 466 g/mol. The number of nitrogens with zero attached hydrogens (tertiary/aromatic N) is 4. The van der Waals surface area contributed by atoms with Crippen LogP contribution < -0.4 is 16.0 Å². The molecule has 12 heteroatoms. The lowest BCUT2D eigenvalue weighted by atomic mass is 9.78. The fourth-order valence-electron chi connectivity index (χ4n) is 5.86. The Kier molecular flexibility index (Phi) is 5.13. The SMILES string of the molecule is O=C1CCC(N2Cc3ccc(-n4cc(C(=O)N[C@@]56CCCC[C@@H]5NC(=O)C6)nn4)cc3C2=O)C(=O)N1. The van der Waals surface area contributed by atoms with Gasteiger partial charge in [-0.3, -0.25) is 29.3 Å². The van der Waals surface area contributed by atoms with Crippen molar-refractivity contribution < 1.29 is 24.0 Å². The van der Waals surface area contributed by atoms with Crippen LogP contribution in [0, 0.1) is 0 Å². The number of hydrogen-bond donors (Lipinski definition) is 3. The normalized spacial score (nSPS) is 27.4. The van der Waals surface area contributed by atoms with Gasteiger partial charge in [0.15, 0.2) is 5.69 Å². The first kappa shape index (κ1) is 22.4. The van der Waals surface area contributed by atoms with Gasteiger partial charge in [-0.05, 0) is 37.0 Å². The molecule has 3 fully saturated rings. The van der Waals surface area contributed by atoms with Gasteiger partial charge in [0, 0.05) is 18.5 Å². The minimum atomic E-state index is -0.687. The van der Waals surface area contributed by atoms with Crippen LogP contribution in [-0.4, -0.2) is 67.1 Å². The van der Waals surface area contributed by atoms with Gasteiger partial charge < -0.3 is 15.5 Å². The van der Waals surface area contributed by atoms with E-state index in [9.17, 15) is 24.0 Å². The zero-order valence-corrected chi connectivity index (χ0v) is 19.5. The molecule has 5 amide bonds. The highest BCUT2D eigenvalue weighted by molar-refractivity contribution is 6.05. The molecule has 0 bridgehead atoms. The van der Waals surface area contributed by atoms with Crippen LogP contribution in [0.4, 0.5) is 0 Å². The summed E-state index contributed by atoms with van der Waals surface area (Å²) in [4.78, 5) is 63.4. The first-order valence-electron chi connectivity index (χ1n) is 12.2. The van der Waals surface area contributed by atoms with E-state index in [4.69, 9.17) is 0 Å². The molecule has 4 aliphatic rings. The van der Waals surface area contributed by atoms with Crippen LogP contribution in [0.2, 0.25) is 0 Å². The lowest BCUT2D eigenvalue weighted by Gasteiger charge is -2.38. The maximum Gasteiger partial charge on any atom is 0.273 e. The molecule has 1 unspecified atom stereocenters. The predicted molar refractivity (Wildman–Crippen MR) is 123 cm³/mol. The summed E-state index contributed by atoms with van der Waals surface area (Å²) < 4.78 is 1.42. The Balaban J connectivity index is 1.19. The average molecular weight is 492 g/mol. The number of carbonyl (C=O) groups is 5. The third-order valence-electron chi connectivity index (χ3n) is 7.71. The molecule has 2 saturated heterocycles. The number of rotatable bonds is 4. The molecule has 12 nitrogen and oxygen atoms in total. The molecule has 3 N–H and O–H groups in total. The van der Waals surface area contributed by atoms with Crippen molar-refractivity contribution in [1.82, 2.24) is 35.8 Å². The molecule has 6 rings (SSSR count). The van der Waals surface area contributed by atoms with Crippen LogP contribution in [0.15, 0.2) is 24.4 Å². The minimum Gasteiger partial charge on any atom is -0.351 e. The van der Waals surface area contributed by atoms with E-state index in [1.54, 1.807) is 18.2 Å². The van der Waals surface area contributed by atoms with Gasteiger partial charge in [-0.15, -0.1) is 5.10 Å². The van der Waals surface area contributed by atoms with Crippen molar-refractivity contribution in [3.63, 3.8) is 0 Å². The van der Waals surface area contributed by atoms with Gasteiger partial charge in [0.25, 0.3) is 11.8 Å². The molecule has 3 atom stereocenters. The lowest BCUT2D eigenvalue weighted by Crippen LogP contribution is -2.57. The molecule has 0 spiro atoms. The van der Waals surface area contributed by atoms with E-state index in [0.29, 0.717) is 17.7 Å². The van der Waals surface area contributed by atoms with E-state index < -0.39 is 23.4 Å². The summed E-state index contributed by atoms with van der Waals surface area (Å²) in [7, 11) is 0. The second-order valence-electron chi connectivity index (χ2n) is 9.94. The van der Waals surface area contributed by atoms with Crippen molar-refractivity contribution in [3.05, 3.63) is 41.2 Å². The fraction of sp³-hybridized carbons (Fsp3) is 0.458. The second kappa shape index (κ2) is 8.25. The number of benzene rings is 1. The predicted octanol–water partition coefficient (Wildman–Crippen LogP) is -0.0406. The quantitative estimate of drug-likeness (QED) is 0.507. The maximum atomic E-state index is 13.1. The summed E-state index contributed by atoms with van der Waals surface area (Å²) in [5.41, 5.74) is 1.27. The van der Waals surface area contributed by atoms with Crippen molar-refractivity contribution in [2.45, 2.75) is 69.1 Å². The molecule has 3 aliphatic heterocycles. The van der Waals surface area contributed by atoms with Crippen LogP contribution in [0.3, 0.4) is 0 Å². The van der Waals surface area contributed by atoms with Crippen LogP contribution in [0.25, 0.3) is 5.69 Å². The molecule has 1 aromatic carbocycles. The van der Waals surface area contributed by atoms with Gasteiger partial charge in [-0.2, -0.15) is 0 Å². The molecule has 1 aromatic heterocycles.